The Balaban J connectivity index is 1.44. The summed E-state index contributed by atoms with van der Waals surface area (Å²) in [5.41, 5.74) is 10.3. The number of hydrogen-bond acceptors (Lipinski definition) is 6. The van der Waals surface area contributed by atoms with Crippen LogP contribution in [-0.2, 0) is 6.54 Å². The number of rotatable bonds is 5. The first-order chi connectivity index (χ1) is 13.6. The molecule has 5 rings (SSSR count). The Labute approximate surface area is 165 Å². The number of nitrogens with two attached hydrogens (primary N) is 1. The Morgan fingerprint density at radius 1 is 1.25 bits per heavy atom. The standard InChI is InChI=1S/C22H27N5O/c1-3-22(6-7-22)28-17-5-4-15-11-24-21(18(15)9-17)19-10-20(26-13-25-19)27-12-16(23)8-14(27)2/h4-5,9-10,13-14,16H,3,6-8,11-12,23H2,1-2H3/t14-,16+/m0/s1. The van der Waals surface area contributed by atoms with Crippen molar-refractivity contribution in [3.8, 4) is 5.75 Å². The maximum atomic E-state index is 6.29. The molecule has 1 aromatic carbocycles. The number of aliphatic imine (C=N–C) groups is 1. The minimum absolute atomic E-state index is 0.0525. The van der Waals surface area contributed by atoms with Crippen molar-refractivity contribution in [1.82, 2.24) is 9.97 Å². The minimum atomic E-state index is 0.0525. The largest absolute Gasteiger partial charge is 0.487 e. The minimum Gasteiger partial charge on any atom is -0.487 e. The molecule has 1 aliphatic carbocycles. The van der Waals surface area contributed by atoms with E-state index in [1.165, 1.54) is 5.56 Å². The molecule has 0 radical (unpaired) electrons. The van der Waals surface area contributed by atoms with E-state index in [1.807, 2.05) is 6.07 Å². The van der Waals surface area contributed by atoms with E-state index in [1.54, 1.807) is 6.33 Å². The molecule has 6 nitrogen and oxygen atoms in total. The van der Waals surface area contributed by atoms with Gasteiger partial charge in [0.15, 0.2) is 0 Å². The van der Waals surface area contributed by atoms with E-state index >= 15 is 0 Å². The summed E-state index contributed by atoms with van der Waals surface area (Å²) in [4.78, 5) is 16.1. The summed E-state index contributed by atoms with van der Waals surface area (Å²) in [5.74, 6) is 1.86. The third-order valence-corrected chi connectivity index (χ3v) is 6.33. The van der Waals surface area contributed by atoms with Crippen LogP contribution >= 0.6 is 0 Å². The van der Waals surface area contributed by atoms with Gasteiger partial charge in [-0.1, -0.05) is 13.0 Å². The summed E-state index contributed by atoms with van der Waals surface area (Å²) in [7, 11) is 0. The smallest absolute Gasteiger partial charge is 0.132 e. The summed E-state index contributed by atoms with van der Waals surface area (Å²) in [5, 5.41) is 0. The van der Waals surface area contributed by atoms with Crippen molar-refractivity contribution >= 4 is 11.5 Å². The Kier molecular flexibility index (Phi) is 4.12. The zero-order valence-electron chi connectivity index (χ0n) is 16.6. The van der Waals surface area contributed by atoms with Crippen molar-refractivity contribution in [2.24, 2.45) is 10.7 Å². The van der Waals surface area contributed by atoms with Gasteiger partial charge < -0.3 is 15.4 Å². The number of anilines is 1. The second-order valence-electron chi connectivity index (χ2n) is 8.38. The second kappa shape index (κ2) is 6.55. The summed E-state index contributed by atoms with van der Waals surface area (Å²) in [6.07, 6.45) is 5.97. The lowest BCUT2D eigenvalue weighted by molar-refractivity contribution is 0.174. The predicted molar refractivity (Wildman–Crippen MR) is 110 cm³/mol. The van der Waals surface area contributed by atoms with E-state index in [0.717, 1.165) is 60.8 Å². The topological polar surface area (TPSA) is 76.6 Å². The predicted octanol–water partition coefficient (Wildman–Crippen LogP) is 3.07. The molecule has 0 spiro atoms. The fourth-order valence-electron chi connectivity index (χ4n) is 4.39. The van der Waals surface area contributed by atoms with Crippen molar-refractivity contribution in [1.29, 1.82) is 0 Å². The van der Waals surface area contributed by atoms with Crippen molar-refractivity contribution in [2.45, 2.75) is 63.8 Å². The van der Waals surface area contributed by atoms with Crippen molar-refractivity contribution in [3.05, 3.63) is 47.4 Å². The first-order valence-corrected chi connectivity index (χ1v) is 10.3. The second-order valence-corrected chi connectivity index (χ2v) is 8.38. The molecule has 3 heterocycles. The number of aromatic nitrogens is 2. The average Bonchev–Trinajstić information content (AvgIpc) is 3.21. The van der Waals surface area contributed by atoms with E-state index in [4.69, 9.17) is 15.5 Å². The highest BCUT2D eigenvalue weighted by Crippen LogP contribution is 2.43. The Bertz CT molecular complexity index is 936. The molecule has 1 saturated carbocycles. The van der Waals surface area contributed by atoms with Crippen LogP contribution < -0.4 is 15.4 Å². The van der Waals surface area contributed by atoms with Crippen molar-refractivity contribution in [2.75, 3.05) is 11.4 Å². The fourth-order valence-corrected chi connectivity index (χ4v) is 4.39. The van der Waals surface area contributed by atoms with E-state index in [0.29, 0.717) is 12.6 Å². The molecular weight excluding hydrogens is 350 g/mol. The molecular formula is C22H27N5O. The van der Waals surface area contributed by atoms with Crippen LogP contribution in [0.5, 0.6) is 5.75 Å². The Morgan fingerprint density at radius 2 is 2.11 bits per heavy atom. The van der Waals surface area contributed by atoms with Crippen LogP contribution in [0.15, 0.2) is 35.6 Å². The van der Waals surface area contributed by atoms with E-state index < -0.39 is 0 Å². The molecule has 1 saturated heterocycles. The van der Waals surface area contributed by atoms with E-state index in [9.17, 15) is 0 Å². The highest BCUT2D eigenvalue weighted by Gasteiger charge is 2.43. The SMILES string of the molecule is CCC1(Oc2ccc3c(c2)C(c2cc(N4C[C@H](N)C[C@@H]4C)ncn2)=NC3)CC1. The molecule has 2 N–H and O–H groups in total. The van der Waals surface area contributed by atoms with Crippen LogP contribution in [0.1, 0.15) is 56.4 Å². The monoisotopic (exact) mass is 377 g/mol. The molecule has 146 valence electrons. The van der Waals surface area contributed by atoms with Crippen molar-refractivity contribution in [3.63, 3.8) is 0 Å². The summed E-state index contributed by atoms with van der Waals surface area (Å²) in [6.45, 7) is 5.91. The fraction of sp³-hybridized carbons (Fsp3) is 0.500. The van der Waals surface area contributed by atoms with Gasteiger partial charge in [0.25, 0.3) is 0 Å². The van der Waals surface area contributed by atoms with Crippen LogP contribution in [0.3, 0.4) is 0 Å². The number of fused-ring (bicyclic) bond motifs is 1. The van der Waals surface area contributed by atoms with Gasteiger partial charge in [0, 0.05) is 30.3 Å². The van der Waals surface area contributed by atoms with Gasteiger partial charge in [-0.3, -0.25) is 4.99 Å². The molecule has 3 aliphatic rings. The summed E-state index contributed by atoms with van der Waals surface area (Å²) >= 11 is 0. The quantitative estimate of drug-likeness (QED) is 0.866. The van der Waals surface area contributed by atoms with Gasteiger partial charge in [0.1, 0.15) is 23.5 Å². The molecule has 2 atom stereocenters. The molecule has 0 unspecified atom stereocenters. The van der Waals surface area contributed by atoms with Crippen LogP contribution in [0.4, 0.5) is 5.82 Å². The van der Waals surface area contributed by atoms with Crippen LogP contribution in [0.25, 0.3) is 0 Å². The van der Waals surface area contributed by atoms with Gasteiger partial charge in [-0.05, 0) is 50.3 Å². The number of nitrogens with zero attached hydrogens (tertiary/aromatic N) is 4. The zero-order chi connectivity index (χ0) is 19.3. The highest BCUT2D eigenvalue weighted by molar-refractivity contribution is 6.14. The lowest BCUT2D eigenvalue weighted by Crippen LogP contribution is -2.30. The molecule has 0 bridgehead atoms. The van der Waals surface area contributed by atoms with E-state index in [-0.39, 0.29) is 11.6 Å². The third kappa shape index (κ3) is 3.05. The van der Waals surface area contributed by atoms with Crippen molar-refractivity contribution < 1.29 is 4.74 Å². The zero-order valence-corrected chi connectivity index (χ0v) is 16.6. The average molecular weight is 377 g/mol. The number of benzene rings is 1. The summed E-state index contributed by atoms with van der Waals surface area (Å²) < 4.78 is 6.29. The van der Waals surface area contributed by atoms with E-state index in [2.05, 4.69) is 46.9 Å². The van der Waals surface area contributed by atoms with Gasteiger partial charge in [0.05, 0.1) is 18.0 Å². The van der Waals surface area contributed by atoms with Gasteiger partial charge in [-0.15, -0.1) is 0 Å². The van der Waals surface area contributed by atoms with Crippen LogP contribution in [-0.4, -0.2) is 39.9 Å². The highest BCUT2D eigenvalue weighted by atomic mass is 16.5. The third-order valence-electron chi connectivity index (χ3n) is 6.33. The molecule has 28 heavy (non-hydrogen) atoms. The number of hydrogen-bond donors (Lipinski definition) is 1. The van der Waals surface area contributed by atoms with Gasteiger partial charge in [0.2, 0.25) is 0 Å². The Morgan fingerprint density at radius 3 is 2.82 bits per heavy atom. The first kappa shape index (κ1) is 17.6. The Hall–Kier alpha value is -2.47. The molecule has 2 aliphatic heterocycles. The lowest BCUT2D eigenvalue weighted by atomic mass is 10.0. The molecule has 1 aromatic heterocycles. The van der Waals surface area contributed by atoms with Crippen LogP contribution in [0, 0.1) is 0 Å². The molecule has 2 aromatic rings. The maximum absolute atomic E-state index is 6.29. The van der Waals surface area contributed by atoms with Gasteiger partial charge in [-0.25, -0.2) is 9.97 Å². The van der Waals surface area contributed by atoms with Gasteiger partial charge >= 0.3 is 0 Å². The normalized spacial score (nSPS) is 24.8. The molecule has 6 heteroatoms. The first-order valence-electron chi connectivity index (χ1n) is 10.3. The maximum Gasteiger partial charge on any atom is 0.132 e. The molecule has 2 fully saturated rings. The van der Waals surface area contributed by atoms with Gasteiger partial charge in [-0.2, -0.15) is 0 Å². The summed E-state index contributed by atoms with van der Waals surface area (Å²) in [6, 6.07) is 8.98. The lowest BCUT2D eigenvalue weighted by Gasteiger charge is -2.22. The van der Waals surface area contributed by atoms with Crippen LogP contribution in [0.2, 0.25) is 0 Å². The molecule has 0 amide bonds. The number of ether oxygens (including phenoxy) is 1.